The maximum atomic E-state index is 7.72. The molecule has 0 amide bonds. The first kappa shape index (κ1) is 4.58. The molecule has 1 nitrogen and oxygen atoms in total. The Kier molecular flexibility index (Phi) is 1.70. The molecule has 0 saturated heterocycles. The van der Waals surface area contributed by atoms with Crippen molar-refractivity contribution >= 4 is 12.6 Å². The van der Waals surface area contributed by atoms with Crippen molar-refractivity contribution in [2.75, 3.05) is 0 Å². The summed E-state index contributed by atoms with van der Waals surface area (Å²) in [6.45, 7) is 3.18. The van der Waals surface area contributed by atoms with Crippen molar-refractivity contribution in [2.45, 2.75) is 0 Å². The zero-order valence-electron chi connectivity index (χ0n) is 2.60. The van der Waals surface area contributed by atoms with E-state index < -0.39 is 0 Å². The smallest absolute Gasteiger partial charge is 0.105 e. The van der Waals surface area contributed by atoms with E-state index in [1.807, 2.05) is 0 Å². The molecule has 0 bridgehead atoms. The van der Waals surface area contributed by atoms with Crippen molar-refractivity contribution in [3.05, 3.63) is 11.5 Å². The molecule has 0 saturated carbocycles. The van der Waals surface area contributed by atoms with Crippen LogP contribution in [-0.4, -0.2) is 0 Å². The van der Waals surface area contributed by atoms with Gasteiger partial charge >= 0.3 is 0 Å². The Bertz CT molecular complexity index is 79.4. The molecule has 0 unspecified atom stereocenters. The summed E-state index contributed by atoms with van der Waals surface area (Å²) in [4.78, 5) is 0.255. The summed E-state index contributed by atoms with van der Waals surface area (Å²) < 4.78 is 0. The molecule has 2 heteroatoms. The number of hydrogen-bond acceptors (Lipinski definition) is 2. The SMILES string of the molecule is C=C(S)C#N. The minimum Gasteiger partial charge on any atom is -0.192 e. The maximum Gasteiger partial charge on any atom is 0.105 e. The zero-order valence-corrected chi connectivity index (χ0v) is 3.50. The van der Waals surface area contributed by atoms with Crippen LogP contribution in [0.4, 0.5) is 0 Å². The highest BCUT2D eigenvalue weighted by Gasteiger charge is 1.66. The van der Waals surface area contributed by atoms with Gasteiger partial charge < -0.3 is 0 Å². The minimum atomic E-state index is 0.255. The third-order valence-electron chi connectivity index (χ3n) is 0.129. The van der Waals surface area contributed by atoms with Crippen molar-refractivity contribution in [2.24, 2.45) is 0 Å². The third-order valence-corrected chi connectivity index (χ3v) is 0.229. The van der Waals surface area contributed by atoms with Crippen LogP contribution in [0.2, 0.25) is 0 Å². The average molecular weight is 85.1 g/mol. The number of nitrogens with zero attached hydrogens (tertiary/aromatic N) is 1. The van der Waals surface area contributed by atoms with Crippen LogP contribution in [-0.2, 0) is 0 Å². The number of allylic oxidation sites excluding steroid dienone is 1. The highest BCUT2D eigenvalue weighted by Crippen LogP contribution is 1.87. The van der Waals surface area contributed by atoms with Gasteiger partial charge in [-0.25, -0.2) is 0 Å². The first-order chi connectivity index (χ1) is 2.27. The van der Waals surface area contributed by atoms with E-state index in [2.05, 4.69) is 19.2 Å². The van der Waals surface area contributed by atoms with Gasteiger partial charge in [-0.05, 0) is 0 Å². The van der Waals surface area contributed by atoms with Crippen LogP contribution in [0.5, 0.6) is 0 Å². The van der Waals surface area contributed by atoms with Gasteiger partial charge in [-0.15, -0.1) is 12.6 Å². The predicted octanol–water partition coefficient (Wildman–Crippen LogP) is 0.953. The van der Waals surface area contributed by atoms with Gasteiger partial charge in [0.2, 0.25) is 0 Å². The summed E-state index contributed by atoms with van der Waals surface area (Å²) in [5, 5.41) is 7.72. The fourth-order valence-electron chi connectivity index (χ4n) is 0. The highest BCUT2D eigenvalue weighted by atomic mass is 32.1. The summed E-state index contributed by atoms with van der Waals surface area (Å²) in [7, 11) is 0. The molecule has 0 N–H and O–H groups in total. The van der Waals surface area contributed by atoms with Crippen LogP contribution in [0, 0.1) is 11.3 Å². The van der Waals surface area contributed by atoms with Gasteiger partial charge in [0.1, 0.15) is 6.07 Å². The van der Waals surface area contributed by atoms with Crippen molar-refractivity contribution < 1.29 is 0 Å². The molecule has 0 aliphatic carbocycles. The Balaban J connectivity index is 3.35. The first-order valence-electron chi connectivity index (χ1n) is 1.05. The van der Waals surface area contributed by atoms with Crippen LogP contribution in [0.1, 0.15) is 0 Å². The Labute approximate surface area is 36.3 Å². The Morgan fingerprint density at radius 3 is 2.20 bits per heavy atom. The van der Waals surface area contributed by atoms with E-state index in [0.29, 0.717) is 0 Å². The van der Waals surface area contributed by atoms with E-state index in [4.69, 9.17) is 5.26 Å². The van der Waals surface area contributed by atoms with Gasteiger partial charge in [0, 0.05) is 0 Å². The van der Waals surface area contributed by atoms with Gasteiger partial charge in [-0.3, -0.25) is 0 Å². The zero-order chi connectivity index (χ0) is 4.28. The Morgan fingerprint density at radius 1 is 2.00 bits per heavy atom. The lowest BCUT2D eigenvalue weighted by Gasteiger charge is -1.61. The van der Waals surface area contributed by atoms with Gasteiger partial charge in [-0.2, -0.15) is 5.26 Å². The monoisotopic (exact) mass is 85.0 g/mol. The van der Waals surface area contributed by atoms with Crippen LogP contribution in [0.3, 0.4) is 0 Å². The maximum absolute atomic E-state index is 7.72. The Hall–Kier alpha value is -0.420. The number of rotatable bonds is 0. The van der Waals surface area contributed by atoms with E-state index in [-0.39, 0.29) is 4.91 Å². The van der Waals surface area contributed by atoms with E-state index >= 15 is 0 Å². The molecule has 0 aromatic heterocycles. The number of thiol groups is 1. The molecule has 26 valence electrons. The normalized spacial score (nSPS) is 5.60. The van der Waals surface area contributed by atoms with Crippen LogP contribution in [0.25, 0.3) is 0 Å². The molecule has 0 spiro atoms. The quantitative estimate of drug-likeness (QED) is 0.343. The van der Waals surface area contributed by atoms with E-state index in [9.17, 15) is 0 Å². The van der Waals surface area contributed by atoms with Crippen molar-refractivity contribution in [3.8, 4) is 6.07 Å². The molecular formula is C3H3NS. The molecule has 5 heavy (non-hydrogen) atoms. The van der Waals surface area contributed by atoms with Gasteiger partial charge in [0.15, 0.2) is 0 Å². The van der Waals surface area contributed by atoms with Crippen molar-refractivity contribution in [1.29, 1.82) is 5.26 Å². The van der Waals surface area contributed by atoms with E-state index in [1.165, 1.54) is 0 Å². The molecule has 0 aromatic carbocycles. The molecule has 0 radical (unpaired) electrons. The van der Waals surface area contributed by atoms with Crippen LogP contribution in [0.15, 0.2) is 11.5 Å². The second-order valence-electron chi connectivity index (χ2n) is 0.558. The van der Waals surface area contributed by atoms with E-state index in [0.717, 1.165) is 0 Å². The number of hydrogen-bond donors (Lipinski definition) is 1. The van der Waals surface area contributed by atoms with Crippen LogP contribution >= 0.6 is 12.6 Å². The molecule has 0 aliphatic rings. The summed E-state index contributed by atoms with van der Waals surface area (Å²) in [5.74, 6) is 0. The second-order valence-corrected chi connectivity index (χ2v) is 1.10. The third kappa shape index (κ3) is 3.58. The number of nitriles is 1. The highest BCUT2D eigenvalue weighted by molar-refractivity contribution is 7.84. The topological polar surface area (TPSA) is 23.8 Å². The fraction of sp³-hybridized carbons (Fsp3) is 0. The lowest BCUT2D eigenvalue weighted by Crippen LogP contribution is -1.45. The van der Waals surface area contributed by atoms with Gasteiger partial charge in [-0.1, -0.05) is 6.58 Å². The molecule has 0 aromatic rings. The molecule has 0 fully saturated rings. The predicted molar refractivity (Wildman–Crippen MR) is 23.7 cm³/mol. The largest absolute Gasteiger partial charge is 0.192 e. The molecule has 0 atom stereocenters. The molecule has 0 aliphatic heterocycles. The summed E-state index contributed by atoms with van der Waals surface area (Å²) in [6.07, 6.45) is 0. The van der Waals surface area contributed by atoms with Crippen LogP contribution < -0.4 is 0 Å². The lowest BCUT2D eigenvalue weighted by molar-refractivity contribution is 1.53. The van der Waals surface area contributed by atoms with Gasteiger partial charge in [0.05, 0.1) is 4.91 Å². The lowest BCUT2D eigenvalue weighted by atomic mass is 10.7. The average Bonchev–Trinajstić information content (AvgIpc) is 1.38. The van der Waals surface area contributed by atoms with Gasteiger partial charge in [0.25, 0.3) is 0 Å². The summed E-state index contributed by atoms with van der Waals surface area (Å²) in [5.41, 5.74) is 0. The van der Waals surface area contributed by atoms with E-state index in [1.54, 1.807) is 6.07 Å². The molecular weight excluding hydrogens is 82.1 g/mol. The summed E-state index contributed by atoms with van der Waals surface area (Å²) in [6, 6.07) is 1.70. The second kappa shape index (κ2) is 1.86. The minimum absolute atomic E-state index is 0.255. The molecule has 0 heterocycles. The standard InChI is InChI=1S/C3H3NS/c1-3(5)2-4/h5H,1H2. The first-order valence-corrected chi connectivity index (χ1v) is 1.50. The van der Waals surface area contributed by atoms with Crippen molar-refractivity contribution in [1.82, 2.24) is 0 Å². The summed E-state index contributed by atoms with van der Waals surface area (Å²) >= 11 is 3.54. The fourth-order valence-corrected chi connectivity index (χ4v) is 0. The molecule has 0 rings (SSSR count). The Morgan fingerprint density at radius 2 is 2.20 bits per heavy atom. The van der Waals surface area contributed by atoms with Crippen molar-refractivity contribution in [3.63, 3.8) is 0 Å².